The van der Waals surface area contributed by atoms with E-state index in [0.29, 0.717) is 38.8 Å². The smallest absolute Gasteiger partial charge is 0.328 e. The van der Waals surface area contributed by atoms with Crippen LogP contribution < -0.4 is 5.73 Å². The third kappa shape index (κ3) is 7.55. The van der Waals surface area contributed by atoms with Crippen molar-refractivity contribution in [3.63, 3.8) is 0 Å². The zero-order chi connectivity index (χ0) is 21.3. The molecule has 0 aromatic heterocycles. The summed E-state index contributed by atoms with van der Waals surface area (Å²) in [6.07, 6.45) is 2.41. The lowest BCUT2D eigenvalue weighted by molar-refractivity contribution is -0.151. The van der Waals surface area contributed by atoms with E-state index in [1.165, 1.54) is 4.90 Å². The van der Waals surface area contributed by atoms with Crippen LogP contribution in [0.3, 0.4) is 0 Å². The number of unbranched alkanes of at least 4 members (excludes halogenated alkanes) is 1. The van der Waals surface area contributed by atoms with Crippen molar-refractivity contribution >= 4 is 19.5 Å². The first-order valence-corrected chi connectivity index (χ1v) is 11.9. The van der Waals surface area contributed by atoms with Crippen LogP contribution in [-0.4, -0.2) is 58.2 Å². The number of likely N-dealkylation sites (tertiary alicyclic amines) is 1. The van der Waals surface area contributed by atoms with Gasteiger partial charge in [-0.15, -0.1) is 0 Å². The summed E-state index contributed by atoms with van der Waals surface area (Å²) >= 11 is 0. The van der Waals surface area contributed by atoms with Crippen molar-refractivity contribution in [1.29, 1.82) is 0 Å². The van der Waals surface area contributed by atoms with Crippen molar-refractivity contribution in [3.05, 3.63) is 35.9 Å². The SMILES string of the molecule is NCCC[C@H](OP(=O)(O)CCCCc1ccccc1)C(=O)N1CCC[C@H]1C(=O)O. The summed E-state index contributed by atoms with van der Waals surface area (Å²) in [4.78, 5) is 35.7. The van der Waals surface area contributed by atoms with E-state index in [4.69, 9.17) is 10.3 Å². The fraction of sp³-hybridized carbons (Fsp3) is 0.600. The molecule has 1 amide bonds. The summed E-state index contributed by atoms with van der Waals surface area (Å²) in [5, 5.41) is 9.30. The maximum absolute atomic E-state index is 12.8. The van der Waals surface area contributed by atoms with Gasteiger partial charge in [0, 0.05) is 6.54 Å². The van der Waals surface area contributed by atoms with E-state index in [-0.39, 0.29) is 12.6 Å². The van der Waals surface area contributed by atoms with E-state index in [1.54, 1.807) is 0 Å². The quantitative estimate of drug-likeness (QED) is 0.346. The minimum atomic E-state index is -3.98. The summed E-state index contributed by atoms with van der Waals surface area (Å²) in [5.41, 5.74) is 6.68. The molecule has 2 rings (SSSR count). The van der Waals surface area contributed by atoms with Crippen LogP contribution in [-0.2, 0) is 25.1 Å². The summed E-state index contributed by atoms with van der Waals surface area (Å²) < 4.78 is 17.9. The van der Waals surface area contributed by atoms with E-state index in [1.807, 2.05) is 30.3 Å². The Labute approximate surface area is 171 Å². The Morgan fingerprint density at radius 3 is 2.62 bits per heavy atom. The van der Waals surface area contributed by atoms with Gasteiger partial charge in [0.2, 0.25) is 0 Å². The van der Waals surface area contributed by atoms with Crippen molar-refractivity contribution < 1.29 is 28.7 Å². The van der Waals surface area contributed by atoms with Gasteiger partial charge in [0.1, 0.15) is 12.1 Å². The number of benzene rings is 1. The minimum Gasteiger partial charge on any atom is -0.480 e. The second-order valence-electron chi connectivity index (χ2n) is 7.36. The molecule has 1 aromatic rings. The van der Waals surface area contributed by atoms with Gasteiger partial charge in [-0.25, -0.2) is 4.79 Å². The molecule has 1 aromatic carbocycles. The van der Waals surface area contributed by atoms with Gasteiger partial charge in [0.15, 0.2) is 0 Å². The molecule has 3 atom stereocenters. The first-order chi connectivity index (χ1) is 13.8. The Balaban J connectivity index is 1.91. The van der Waals surface area contributed by atoms with Gasteiger partial charge in [-0.05, 0) is 57.1 Å². The highest BCUT2D eigenvalue weighted by atomic mass is 31.2. The predicted molar refractivity (Wildman–Crippen MR) is 110 cm³/mol. The number of nitrogens with two attached hydrogens (primary N) is 1. The second-order valence-corrected chi connectivity index (χ2v) is 9.29. The van der Waals surface area contributed by atoms with Gasteiger partial charge in [0.05, 0.1) is 6.16 Å². The lowest BCUT2D eigenvalue weighted by atomic mass is 10.1. The van der Waals surface area contributed by atoms with Crippen LogP contribution in [0.2, 0.25) is 0 Å². The maximum atomic E-state index is 12.8. The van der Waals surface area contributed by atoms with Crippen LogP contribution in [0, 0.1) is 0 Å². The summed E-state index contributed by atoms with van der Waals surface area (Å²) in [6, 6.07) is 8.94. The lowest BCUT2D eigenvalue weighted by Gasteiger charge is -2.28. The van der Waals surface area contributed by atoms with Crippen molar-refractivity contribution in [2.24, 2.45) is 5.73 Å². The molecule has 1 aliphatic rings. The molecule has 9 heteroatoms. The molecule has 29 heavy (non-hydrogen) atoms. The number of aryl methyl sites for hydroxylation is 1. The molecule has 1 heterocycles. The van der Waals surface area contributed by atoms with Crippen molar-refractivity contribution in [3.8, 4) is 0 Å². The molecular formula is C20H31N2O6P. The molecular weight excluding hydrogens is 395 g/mol. The van der Waals surface area contributed by atoms with Crippen LogP contribution in [0.4, 0.5) is 0 Å². The number of carbonyl (C=O) groups excluding carboxylic acids is 1. The Morgan fingerprint density at radius 2 is 1.97 bits per heavy atom. The fourth-order valence-corrected chi connectivity index (χ4v) is 4.86. The zero-order valence-electron chi connectivity index (χ0n) is 16.6. The number of carboxylic acids is 1. The molecule has 1 unspecified atom stereocenters. The highest BCUT2D eigenvalue weighted by Crippen LogP contribution is 2.45. The molecule has 1 aliphatic heterocycles. The van der Waals surface area contributed by atoms with E-state index in [9.17, 15) is 24.2 Å². The molecule has 1 fully saturated rings. The molecule has 4 N–H and O–H groups in total. The highest BCUT2D eigenvalue weighted by Gasteiger charge is 2.39. The topological polar surface area (TPSA) is 130 Å². The number of amides is 1. The lowest BCUT2D eigenvalue weighted by Crippen LogP contribution is -2.46. The number of nitrogens with zero attached hydrogens (tertiary/aromatic N) is 1. The molecule has 8 nitrogen and oxygen atoms in total. The number of carboxylic acid groups (broad SMARTS) is 1. The third-order valence-corrected chi connectivity index (χ3v) is 6.52. The molecule has 162 valence electrons. The number of carbonyl (C=O) groups is 2. The fourth-order valence-electron chi connectivity index (χ4n) is 3.53. The molecule has 0 spiro atoms. The van der Waals surface area contributed by atoms with Crippen molar-refractivity contribution in [2.75, 3.05) is 19.3 Å². The van der Waals surface area contributed by atoms with Gasteiger partial charge < -0.3 is 20.6 Å². The minimum absolute atomic E-state index is 0.0470. The first-order valence-electron chi connectivity index (χ1n) is 10.1. The predicted octanol–water partition coefficient (Wildman–Crippen LogP) is 2.39. The molecule has 0 bridgehead atoms. The third-order valence-electron chi connectivity index (χ3n) is 5.06. The first kappa shape index (κ1) is 23.5. The largest absolute Gasteiger partial charge is 0.480 e. The molecule has 1 saturated heterocycles. The van der Waals surface area contributed by atoms with Gasteiger partial charge in [-0.3, -0.25) is 13.9 Å². The van der Waals surface area contributed by atoms with Crippen LogP contribution in [0.5, 0.6) is 0 Å². The molecule has 0 saturated carbocycles. The number of rotatable bonds is 12. The standard InChI is InChI=1S/C20H31N2O6P/c21-13-6-12-18(19(23)22-14-7-11-17(22)20(24)25)28-29(26,27)15-5-4-10-16-8-2-1-3-9-16/h1-3,8-9,17-18H,4-7,10-15,21H2,(H,24,25)(H,26,27)/t17-,18-/m0/s1. The van der Waals surface area contributed by atoms with Crippen molar-refractivity contribution in [1.82, 2.24) is 4.90 Å². The summed E-state index contributed by atoms with van der Waals surface area (Å²) in [7, 11) is -3.98. The zero-order valence-corrected chi connectivity index (χ0v) is 17.5. The van der Waals surface area contributed by atoms with Gasteiger partial charge >= 0.3 is 13.6 Å². The van der Waals surface area contributed by atoms with E-state index < -0.39 is 31.6 Å². The Kier molecular flexibility index (Phi) is 9.30. The number of hydrogen-bond acceptors (Lipinski definition) is 5. The maximum Gasteiger partial charge on any atom is 0.328 e. The number of hydrogen-bond donors (Lipinski definition) is 3. The van der Waals surface area contributed by atoms with E-state index in [0.717, 1.165) is 18.4 Å². The van der Waals surface area contributed by atoms with E-state index in [2.05, 4.69) is 0 Å². The van der Waals surface area contributed by atoms with Crippen LogP contribution in [0.15, 0.2) is 30.3 Å². The van der Waals surface area contributed by atoms with Crippen LogP contribution in [0.1, 0.15) is 44.1 Å². The Bertz CT molecular complexity index is 714. The second kappa shape index (κ2) is 11.5. The van der Waals surface area contributed by atoms with Gasteiger partial charge in [0.25, 0.3) is 5.91 Å². The molecule has 0 radical (unpaired) electrons. The summed E-state index contributed by atoms with van der Waals surface area (Å²) in [6.45, 7) is 0.618. The average molecular weight is 426 g/mol. The highest BCUT2D eigenvalue weighted by molar-refractivity contribution is 7.52. The normalized spacial score (nSPS) is 19.7. The number of aliphatic carboxylic acids is 1. The molecule has 0 aliphatic carbocycles. The Morgan fingerprint density at radius 1 is 1.24 bits per heavy atom. The van der Waals surface area contributed by atoms with Crippen molar-refractivity contribution in [2.45, 2.75) is 57.1 Å². The van der Waals surface area contributed by atoms with Gasteiger partial charge in [-0.1, -0.05) is 30.3 Å². The van der Waals surface area contributed by atoms with Crippen LogP contribution >= 0.6 is 7.60 Å². The van der Waals surface area contributed by atoms with E-state index >= 15 is 0 Å². The monoisotopic (exact) mass is 426 g/mol. The summed E-state index contributed by atoms with van der Waals surface area (Å²) in [5.74, 6) is -1.61. The van der Waals surface area contributed by atoms with Crippen LogP contribution in [0.25, 0.3) is 0 Å². The average Bonchev–Trinajstić information content (AvgIpc) is 3.19. The Hall–Kier alpha value is -1.73. The van der Waals surface area contributed by atoms with Gasteiger partial charge in [-0.2, -0.15) is 0 Å².